The van der Waals surface area contributed by atoms with Gasteiger partial charge in [0.25, 0.3) is 0 Å². The van der Waals surface area contributed by atoms with Gasteiger partial charge in [0, 0.05) is 19.1 Å². The molecule has 2 rings (SSSR count). The van der Waals surface area contributed by atoms with Gasteiger partial charge in [-0.3, -0.25) is 4.90 Å². The minimum atomic E-state index is -0.168. The first-order valence-corrected chi connectivity index (χ1v) is 9.63. The Morgan fingerprint density at radius 3 is 2.30 bits per heavy atom. The maximum atomic E-state index is 12.2. The maximum Gasteiger partial charge on any atom is 0.315 e. The van der Waals surface area contributed by atoms with Crippen molar-refractivity contribution in [2.75, 3.05) is 13.1 Å². The molecule has 0 heterocycles. The van der Waals surface area contributed by atoms with Crippen LogP contribution in [0.2, 0.25) is 0 Å². The molecular weight excluding hydrogens is 338 g/mol. The third kappa shape index (κ3) is 6.94. The molecule has 0 saturated heterocycles. The van der Waals surface area contributed by atoms with E-state index in [0.717, 1.165) is 30.8 Å². The van der Waals surface area contributed by atoms with Gasteiger partial charge in [0.1, 0.15) is 5.75 Å². The van der Waals surface area contributed by atoms with Gasteiger partial charge in [-0.2, -0.15) is 0 Å². The van der Waals surface area contributed by atoms with Gasteiger partial charge in [-0.05, 0) is 55.3 Å². The Hall–Kier alpha value is -2.53. The van der Waals surface area contributed by atoms with Crippen LogP contribution in [0.3, 0.4) is 0 Å². The second-order valence-electron chi connectivity index (χ2n) is 6.83. The molecule has 0 aliphatic rings. The van der Waals surface area contributed by atoms with Crippen LogP contribution in [0.5, 0.6) is 5.75 Å². The summed E-state index contributed by atoms with van der Waals surface area (Å²) in [6.07, 6.45) is 0.715. The standard InChI is InChI=1S/C22H31N3O2/c1-4-25(5-2)16-20-9-7-6-8-19(20)15-23-22(27)24-17(3)14-18-10-12-21(26)13-11-18/h6-13,17,26H,4-5,14-16H2,1-3H3,(H2,23,24,27). The van der Waals surface area contributed by atoms with Gasteiger partial charge in [0.05, 0.1) is 0 Å². The van der Waals surface area contributed by atoms with E-state index in [2.05, 4.69) is 41.5 Å². The molecule has 0 fully saturated rings. The molecule has 0 radical (unpaired) electrons. The van der Waals surface area contributed by atoms with Crippen molar-refractivity contribution in [1.82, 2.24) is 15.5 Å². The first-order valence-electron chi connectivity index (χ1n) is 9.63. The van der Waals surface area contributed by atoms with Crippen molar-refractivity contribution in [2.45, 2.75) is 46.3 Å². The summed E-state index contributed by atoms with van der Waals surface area (Å²) in [7, 11) is 0. The highest BCUT2D eigenvalue weighted by atomic mass is 16.3. The third-order valence-corrected chi connectivity index (χ3v) is 4.70. The molecule has 5 heteroatoms. The lowest BCUT2D eigenvalue weighted by Crippen LogP contribution is -2.41. The predicted octanol–water partition coefficient (Wildman–Crippen LogP) is 3.66. The Morgan fingerprint density at radius 1 is 1.04 bits per heavy atom. The van der Waals surface area contributed by atoms with E-state index in [1.54, 1.807) is 12.1 Å². The molecule has 0 spiro atoms. The van der Waals surface area contributed by atoms with E-state index in [1.807, 2.05) is 31.2 Å². The summed E-state index contributed by atoms with van der Waals surface area (Å²) < 4.78 is 0. The van der Waals surface area contributed by atoms with Crippen LogP contribution in [0.1, 0.15) is 37.5 Å². The van der Waals surface area contributed by atoms with Gasteiger partial charge in [-0.1, -0.05) is 50.2 Å². The van der Waals surface area contributed by atoms with Gasteiger partial charge in [-0.25, -0.2) is 4.79 Å². The largest absolute Gasteiger partial charge is 0.508 e. The van der Waals surface area contributed by atoms with Crippen molar-refractivity contribution in [1.29, 1.82) is 0 Å². The van der Waals surface area contributed by atoms with E-state index in [0.29, 0.717) is 13.0 Å². The van der Waals surface area contributed by atoms with E-state index in [1.165, 1.54) is 5.56 Å². The number of phenols is 1. The molecule has 2 aromatic rings. The van der Waals surface area contributed by atoms with E-state index < -0.39 is 0 Å². The molecule has 1 unspecified atom stereocenters. The van der Waals surface area contributed by atoms with Crippen LogP contribution in [0, 0.1) is 0 Å². The quantitative estimate of drug-likeness (QED) is 0.632. The minimum absolute atomic E-state index is 0.000427. The SMILES string of the molecule is CCN(CC)Cc1ccccc1CNC(=O)NC(C)Cc1ccc(O)cc1. The number of carbonyl (C=O) groups excluding carboxylic acids is 1. The fourth-order valence-electron chi connectivity index (χ4n) is 3.06. The summed E-state index contributed by atoms with van der Waals surface area (Å²) in [6, 6.07) is 15.1. The second kappa shape index (κ2) is 10.6. The molecule has 27 heavy (non-hydrogen) atoms. The fraction of sp³-hybridized carbons (Fsp3) is 0.409. The molecule has 5 nitrogen and oxygen atoms in total. The van der Waals surface area contributed by atoms with E-state index >= 15 is 0 Å². The van der Waals surface area contributed by atoms with Crippen LogP contribution in [0.4, 0.5) is 4.79 Å². The number of hydrogen-bond acceptors (Lipinski definition) is 3. The first-order chi connectivity index (χ1) is 13.0. The second-order valence-corrected chi connectivity index (χ2v) is 6.83. The smallest absolute Gasteiger partial charge is 0.315 e. The Morgan fingerprint density at radius 2 is 1.67 bits per heavy atom. The highest BCUT2D eigenvalue weighted by Crippen LogP contribution is 2.12. The van der Waals surface area contributed by atoms with Gasteiger partial charge < -0.3 is 15.7 Å². The van der Waals surface area contributed by atoms with Gasteiger partial charge >= 0.3 is 6.03 Å². The number of aromatic hydroxyl groups is 1. The number of nitrogens with one attached hydrogen (secondary N) is 2. The molecule has 0 aromatic heterocycles. The zero-order valence-corrected chi connectivity index (χ0v) is 16.5. The molecule has 0 saturated carbocycles. The minimum Gasteiger partial charge on any atom is -0.508 e. The predicted molar refractivity (Wildman–Crippen MR) is 110 cm³/mol. The monoisotopic (exact) mass is 369 g/mol. The van der Waals surface area contributed by atoms with Gasteiger partial charge in [0.2, 0.25) is 0 Å². The van der Waals surface area contributed by atoms with Crippen molar-refractivity contribution < 1.29 is 9.90 Å². The van der Waals surface area contributed by atoms with Crippen LogP contribution in [-0.2, 0) is 19.5 Å². The number of amides is 2. The van der Waals surface area contributed by atoms with E-state index in [9.17, 15) is 9.90 Å². The lowest BCUT2D eigenvalue weighted by molar-refractivity contribution is 0.237. The lowest BCUT2D eigenvalue weighted by Gasteiger charge is -2.20. The summed E-state index contributed by atoms with van der Waals surface area (Å²) in [4.78, 5) is 14.6. The van der Waals surface area contributed by atoms with Crippen molar-refractivity contribution in [2.24, 2.45) is 0 Å². The molecule has 2 amide bonds. The molecule has 1 atom stereocenters. The Kier molecular flexibility index (Phi) is 8.14. The van der Waals surface area contributed by atoms with Crippen molar-refractivity contribution in [3.63, 3.8) is 0 Å². The highest BCUT2D eigenvalue weighted by Gasteiger charge is 2.10. The van der Waals surface area contributed by atoms with Crippen molar-refractivity contribution in [3.8, 4) is 5.75 Å². The zero-order chi connectivity index (χ0) is 19.6. The normalized spacial score (nSPS) is 12.0. The molecular formula is C22H31N3O2. The molecule has 3 N–H and O–H groups in total. The van der Waals surface area contributed by atoms with Gasteiger partial charge in [0.15, 0.2) is 0 Å². The lowest BCUT2D eigenvalue weighted by atomic mass is 10.1. The number of benzene rings is 2. The topological polar surface area (TPSA) is 64.6 Å². The molecule has 0 aliphatic heterocycles. The molecule has 0 aliphatic carbocycles. The zero-order valence-electron chi connectivity index (χ0n) is 16.5. The van der Waals surface area contributed by atoms with Crippen LogP contribution in [-0.4, -0.2) is 35.2 Å². The summed E-state index contributed by atoms with van der Waals surface area (Å²) in [5.41, 5.74) is 3.47. The van der Waals surface area contributed by atoms with E-state index in [-0.39, 0.29) is 17.8 Å². The summed E-state index contributed by atoms with van der Waals surface area (Å²) in [6.45, 7) is 9.71. The number of urea groups is 1. The number of nitrogens with zero attached hydrogens (tertiary/aromatic N) is 1. The number of hydrogen-bond donors (Lipinski definition) is 3. The molecule has 2 aromatic carbocycles. The van der Waals surface area contributed by atoms with Crippen LogP contribution in [0.15, 0.2) is 48.5 Å². The van der Waals surface area contributed by atoms with Crippen LogP contribution in [0.25, 0.3) is 0 Å². The Balaban J connectivity index is 1.85. The average Bonchev–Trinajstić information content (AvgIpc) is 2.67. The van der Waals surface area contributed by atoms with Crippen LogP contribution < -0.4 is 10.6 Å². The number of rotatable bonds is 9. The summed E-state index contributed by atoms with van der Waals surface area (Å²) in [5, 5.41) is 15.3. The van der Waals surface area contributed by atoms with E-state index in [4.69, 9.17) is 0 Å². The highest BCUT2D eigenvalue weighted by molar-refractivity contribution is 5.74. The fourth-order valence-corrected chi connectivity index (χ4v) is 3.06. The summed E-state index contributed by atoms with van der Waals surface area (Å²) >= 11 is 0. The van der Waals surface area contributed by atoms with Crippen LogP contribution >= 0.6 is 0 Å². The maximum absolute atomic E-state index is 12.2. The summed E-state index contributed by atoms with van der Waals surface area (Å²) in [5.74, 6) is 0.250. The number of phenolic OH excluding ortho intramolecular Hbond substituents is 1. The third-order valence-electron chi connectivity index (χ3n) is 4.70. The molecule has 146 valence electrons. The molecule has 0 bridgehead atoms. The Bertz CT molecular complexity index is 712. The first kappa shape index (κ1) is 20.8. The van der Waals surface area contributed by atoms with Gasteiger partial charge in [-0.15, -0.1) is 0 Å². The van der Waals surface area contributed by atoms with Crippen molar-refractivity contribution in [3.05, 3.63) is 65.2 Å². The van der Waals surface area contributed by atoms with Crippen molar-refractivity contribution >= 4 is 6.03 Å². The number of carbonyl (C=O) groups is 1. The Labute approximate surface area is 162 Å². The average molecular weight is 370 g/mol.